The lowest BCUT2D eigenvalue weighted by atomic mass is 10.1. The van der Waals surface area contributed by atoms with Crippen molar-refractivity contribution in [1.82, 2.24) is 14.8 Å². The Morgan fingerprint density at radius 1 is 1.18 bits per heavy atom. The zero-order valence-corrected chi connectivity index (χ0v) is 18.9. The van der Waals surface area contributed by atoms with Crippen LogP contribution in [-0.2, 0) is 16.0 Å². The standard InChI is InChI=1S/C24H18ClFN4O4/c1-12-4-3-5-16(25)20(12)23(32)30-18-8-13(9-19(27)31)11-28-22(18)21(29-30)15-7-6-14(10-17(15)26)24(33)34-2/h3-8,10-11H,9H2,1-2H3,(H2,27,31). The van der Waals surface area contributed by atoms with Crippen LogP contribution in [0.2, 0.25) is 5.02 Å². The van der Waals surface area contributed by atoms with Crippen LogP contribution < -0.4 is 5.73 Å². The van der Waals surface area contributed by atoms with Gasteiger partial charge in [-0.3, -0.25) is 14.6 Å². The van der Waals surface area contributed by atoms with Crippen LogP contribution in [0.3, 0.4) is 0 Å². The van der Waals surface area contributed by atoms with Gasteiger partial charge >= 0.3 is 5.97 Å². The van der Waals surface area contributed by atoms with Gasteiger partial charge in [-0.05, 0) is 48.4 Å². The summed E-state index contributed by atoms with van der Waals surface area (Å²) in [5.74, 6) is -2.58. The van der Waals surface area contributed by atoms with Gasteiger partial charge in [-0.15, -0.1) is 0 Å². The quantitative estimate of drug-likeness (QED) is 0.435. The number of amides is 1. The van der Waals surface area contributed by atoms with Crippen molar-refractivity contribution in [2.45, 2.75) is 13.3 Å². The molecule has 0 spiro atoms. The number of esters is 1. The van der Waals surface area contributed by atoms with E-state index in [1.54, 1.807) is 31.2 Å². The minimum Gasteiger partial charge on any atom is -0.465 e. The average molecular weight is 481 g/mol. The van der Waals surface area contributed by atoms with Crippen LogP contribution in [0.5, 0.6) is 0 Å². The van der Waals surface area contributed by atoms with Gasteiger partial charge in [-0.1, -0.05) is 23.7 Å². The van der Waals surface area contributed by atoms with Crippen molar-refractivity contribution in [3.05, 3.63) is 81.8 Å². The molecule has 0 bridgehead atoms. The molecule has 2 aromatic heterocycles. The van der Waals surface area contributed by atoms with Crippen molar-refractivity contribution in [2.24, 2.45) is 5.73 Å². The molecular formula is C24H18ClFN4O4. The number of fused-ring (bicyclic) bond motifs is 1. The smallest absolute Gasteiger partial charge is 0.337 e. The van der Waals surface area contributed by atoms with Crippen molar-refractivity contribution in [3.63, 3.8) is 0 Å². The minimum atomic E-state index is -0.751. The predicted octanol–water partition coefficient (Wildman–Crippen LogP) is 3.70. The van der Waals surface area contributed by atoms with Crippen LogP contribution in [0.25, 0.3) is 22.3 Å². The third-order valence-electron chi connectivity index (χ3n) is 5.23. The number of rotatable bonds is 5. The maximum absolute atomic E-state index is 15.0. The summed E-state index contributed by atoms with van der Waals surface area (Å²) in [6, 6.07) is 10.3. The Bertz CT molecular complexity index is 1460. The molecule has 0 atom stereocenters. The molecule has 0 unspecified atom stereocenters. The summed E-state index contributed by atoms with van der Waals surface area (Å²) in [5, 5.41) is 4.59. The largest absolute Gasteiger partial charge is 0.465 e. The first kappa shape index (κ1) is 23.1. The molecule has 1 amide bonds. The number of ether oxygens (including phenoxy) is 1. The van der Waals surface area contributed by atoms with Gasteiger partial charge in [0.1, 0.15) is 17.0 Å². The van der Waals surface area contributed by atoms with E-state index in [2.05, 4.69) is 14.8 Å². The fourth-order valence-electron chi connectivity index (χ4n) is 3.63. The van der Waals surface area contributed by atoms with Gasteiger partial charge in [0.05, 0.1) is 35.2 Å². The Morgan fingerprint density at radius 3 is 2.59 bits per heavy atom. The van der Waals surface area contributed by atoms with Crippen molar-refractivity contribution < 1.29 is 23.5 Å². The molecule has 0 aliphatic heterocycles. The number of halogens is 2. The number of nitrogens with zero attached hydrogens (tertiary/aromatic N) is 3. The number of methoxy groups -OCH3 is 1. The number of carbonyl (C=O) groups is 3. The van der Waals surface area contributed by atoms with E-state index in [0.29, 0.717) is 11.1 Å². The van der Waals surface area contributed by atoms with Crippen LogP contribution >= 0.6 is 11.6 Å². The van der Waals surface area contributed by atoms with Crippen LogP contribution in [-0.4, -0.2) is 39.7 Å². The summed E-state index contributed by atoms with van der Waals surface area (Å²) in [6.07, 6.45) is 1.31. The molecule has 0 aliphatic carbocycles. The maximum atomic E-state index is 15.0. The van der Waals surface area contributed by atoms with Crippen molar-refractivity contribution in [2.75, 3.05) is 7.11 Å². The Balaban J connectivity index is 1.95. The third-order valence-corrected chi connectivity index (χ3v) is 5.54. The second kappa shape index (κ2) is 9.03. The molecular weight excluding hydrogens is 463 g/mol. The second-order valence-electron chi connectivity index (χ2n) is 7.54. The van der Waals surface area contributed by atoms with Crippen LogP contribution in [0.4, 0.5) is 4.39 Å². The number of primary amides is 1. The van der Waals surface area contributed by atoms with Gasteiger partial charge < -0.3 is 10.5 Å². The van der Waals surface area contributed by atoms with E-state index in [1.807, 2.05) is 0 Å². The van der Waals surface area contributed by atoms with E-state index < -0.39 is 23.6 Å². The first-order chi connectivity index (χ1) is 16.2. The molecule has 4 rings (SSSR count). The van der Waals surface area contributed by atoms with Crippen molar-refractivity contribution in [1.29, 1.82) is 0 Å². The van der Waals surface area contributed by atoms with Crippen molar-refractivity contribution in [3.8, 4) is 11.3 Å². The molecule has 0 fully saturated rings. The Labute approximate surface area is 198 Å². The number of pyridine rings is 1. The first-order valence-electron chi connectivity index (χ1n) is 10.0. The minimum absolute atomic E-state index is 0.0203. The molecule has 0 saturated carbocycles. The Hall–Kier alpha value is -4.11. The lowest BCUT2D eigenvalue weighted by molar-refractivity contribution is -0.117. The number of nitrogens with two attached hydrogens (primary N) is 1. The van der Waals surface area contributed by atoms with Gasteiger partial charge in [-0.25, -0.2) is 9.18 Å². The average Bonchev–Trinajstić information content (AvgIpc) is 3.16. The van der Waals surface area contributed by atoms with Crippen LogP contribution in [0, 0.1) is 12.7 Å². The number of benzene rings is 2. The molecule has 34 heavy (non-hydrogen) atoms. The number of aryl methyl sites for hydroxylation is 1. The predicted molar refractivity (Wildman–Crippen MR) is 123 cm³/mol. The molecule has 0 saturated heterocycles. The molecule has 2 N–H and O–H groups in total. The molecule has 2 heterocycles. The highest BCUT2D eigenvalue weighted by Crippen LogP contribution is 2.31. The van der Waals surface area contributed by atoms with Crippen LogP contribution in [0.1, 0.15) is 31.8 Å². The van der Waals surface area contributed by atoms with Gasteiger partial charge in [0, 0.05) is 11.8 Å². The summed E-state index contributed by atoms with van der Waals surface area (Å²) >= 11 is 6.29. The highest BCUT2D eigenvalue weighted by atomic mass is 35.5. The molecule has 0 aliphatic rings. The van der Waals surface area contributed by atoms with Gasteiger partial charge in [-0.2, -0.15) is 9.78 Å². The lowest BCUT2D eigenvalue weighted by Crippen LogP contribution is -2.16. The number of carbonyl (C=O) groups excluding carboxylic acids is 3. The van der Waals surface area contributed by atoms with Gasteiger partial charge in [0.25, 0.3) is 5.91 Å². The molecule has 10 heteroatoms. The van der Waals surface area contributed by atoms with E-state index in [0.717, 1.165) is 10.7 Å². The van der Waals surface area contributed by atoms with E-state index >= 15 is 4.39 Å². The molecule has 8 nitrogen and oxygen atoms in total. The molecule has 0 radical (unpaired) electrons. The topological polar surface area (TPSA) is 117 Å². The summed E-state index contributed by atoms with van der Waals surface area (Å²) in [4.78, 5) is 41.0. The zero-order valence-electron chi connectivity index (χ0n) is 18.1. The van der Waals surface area contributed by atoms with Gasteiger partial charge in [0.2, 0.25) is 5.91 Å². The fraction of sp³-hybridized carbons (Fsp3) is 0.125. The Morgan fingerprint density at radius 2 is 1.94 bits per heavy atom. The zero-order chi connectivity index (χ0) is 24.6. The molecule has 172 valence electrons. The van der Waals surface area contributed by atoms with E-state index in [4.69, 9.17) is 17.3 Å². The van der Waals surface area contributed by atoms with Crippen LogP contribution in [0.15, 0.2) is 48.7 Å². The summed E-state index contributed by atoms with van der Waals surface area (Å²) in [5.41, 5.74) is 7.19. The normalized spacial score (nSPS) is 10.9. The molecule has 4 aromatic rings. The highest BCUT2D eigenvalue weighted by molar-refractivity contribution is 6.34. The summed E-state index contributed by atoms with van der Waals surface area (Å²) in [7, 11) is 1.19. The monoisotopic (exact) mass is 480 g/mol. The van der Waals surface area contributed by atoms with Crippen molar-refractivity contribution >= 4 is 40.4 Å². The molecule has 2 aromatic carbocycles. The fourth-order valence-corrected chi connectivity index (χ4v) is 3.94. The lowest BCUT2D eigenvalue weighted by Gasteiger charge is -2.08. The number of aromatic nitrogens is 3. The van der Waals surface area contributed by atoms with Gasteiger partial charge in [0.15, 0.2) is 0 Å². The Kier molecular flexibility index (Phi) is 6.12. The highest BCUT2D eigenvalue weighted by Gasteiger charge is 2.24. The summed E-state index contributed by atoms with van der Waals surface area (Å²) in [6.45, 7) is 1.73. The SMILES string of the molecule is COC(=O)c1ccc(-c2nn(C(=O)c3c(C)cccc3Cl)c3cc(CC(N)=O)cnc23)c(F)c1. The second-order valence-corrected chi connectivity index (χ2v) is 7.95. The number of hydrogen-bond donors (Lipinski definition) is 1. The maximum Gasteiger partial charge on any atom is 0.337 e. The van der Waals surface area contributed by atoms with E-state index in [1.165, 1.54) is 25.4 Å². The van der Waals surface area contributed by atoms with E-state index in [9.17, 15) is 14.4 Å². The number of hydrogen-bond acceptors (Lipinski definition) is 6. The third kappa shape index (κ3) is 4.13. The first-order valence-corrected chi connectivity index (χ1v) is 10.4. The van der Waals surface area contributed by atoms with E-state index in [-0.39, 0.29) is 44.9 Å². The summed E-state index contributed by atoms with van der Waals surface area (Å²) < 4.78 is 20.7.